The van der Waals surface area contributed by atoms with Crippen LogP contribution in [0, 0.1) is 0 Å². The lowest BCUT2D eigenvalue weighted by Gasteiger charge is -2.27. The second kappa shape index (κ2) is 3.95. The number of benzene rings is 1. The van der Waals surface area contributed by atoms with Crippen LogP contribution < -0.4 is 5.32 Å². The van der Waals surface area contributed by atoms with Gasteiger partial charge >= 0.3 is 0 Å². The fourth-order valence-electron chi connectivity index (χ4n) is 2.10. The highest BCUT2D eigenvalue weighted by atomic mass is 16.5. The average Bonchev–Trinajstić information content (AvgIpc) is 2.99. The van der Waals surface area contributed by atoms with Gasteiger partial charge in [-0.3, -0.25) is 0 Å². The standard InChI is InChI=1S/C13H17NO/c1-2-4-13(10-5-6-10)11(3-1)7-14-12-8-15-9-12/h1-4,10,12,14H,5-9H2. The fraction of sp³-hybridized carbons (Fsp3) is 0.538. The molecule has 1 aliphatic carbocycles. The molecule has 1 heterocycles. The molecule has 1 aromatic rings. The molecule has 1 N–H and O–H groups in total. The molecule has 2 aliphatic rings. The minimum Gasteiger partial charge on any atom is -0.378 e. The van der Waals surface area contributed by atoms with Gasteiger partial charge in [-0.25, -0.2) is 0 Å². The normalized spacial score (nSPS) is 21.3. The summed E-state index contributed by atoms with van der Waals surface area (Å²) in [6.45, 7) is 2.76. The molecule has 0 aromatic heterocycles. The van der Waals surface area contributed by atoms with Crippen LogP contribution in [0.5, 0.6) is 0 Å². The lowest BCUT2D eigenvalue weighted by molar-refractivity contribution is -0.00581. The van der Waals surface area contributed by atoms with Crippen molar-refractivity contribution in [2.24, 2.45) is 0 Å². The highest BCUT2D eigenvalue weighted by Crippen LogP contribution is 2.41. The maximum atomic E-state index is 5.15. The molecule has 0 unspecified atom stereocenters. The first-order valence-electron chi connectivity index (χ1n) is 5.82. The molecule has 80 valence electrons. The fourth-order valence-corrected chi connectivity index (χ4v) is 2.10. The predicted octanol–water partition coefficient (Wildman–Crippen LogP) is 2.05. The van der Waals surface area contributed by atoms with Gasteiger partial charge in [-0.1, -0.05) is 24.3 Å². The number of hydrogen-bond donors (Lipinski definition) is 1. The molecule has 2 nitrogen and oxygen atoms in total. The maximum absolute atomic E-state index is 5.15. The number of rotatable bonds is 4. The van der Waals surface area contributed by atoms with Crippen LogP contribution in [0.3, 0.4) is 0 Å². The summed E-state index contributed by atoms with van der Waals surface area (Å²) >= 11 is 0. The van der Waals surface area contributed by atoms with Gasteiger partial charge in [-0.05, 0) is 29.9 Å². The van der Waals surface area contributed by atoms with Crippen molar-refractivity contribution in [2.75, 3.05) is 13.2 Å². The molecule has 0 amide bonds. The maximum Gasteiger partial charge on any atom is 0.0643 e. The summed E-state index contributed by atoms with van der Waals surface area (Å²) in [6.07, 6.45) is 2.76. The molecule has 1 saturated heterocycles. The Kier molecular flexibility index (Phi) is 2.47. The SMILES string of the molecule is c1ccc(C2CC2)c(CNC2COC2)c1. The third kappa shape index (κ3) is 2.06. The van der Waals surface area contributed by atoms with Crippen molar-refractivity contribution >= 4 is 0 Å². The van der Waals surface area contributed by atoms with E-state index < -0.39 is 0 Å². The van der Waals surface area contributed by atoms with Gasteiger partial charge in [0.05, 0.1) is 19.3 Å². The van der Waals surface area contributed by atoms with Crippen LogP contribution in [0.1, 0.15) is 29.9 Å². The minimum atomic E-state index is 0.581. The van der Waals surface area contributed by atoms with Gasteiger partial charge in [-0.2, -0.15) is 0 Å². The van der Waals surface area contributed by atoms with Crippen LogP contribution in [0.2, 0.25) is 0 Å². The summed E-state index contributed by atoms with van der Waals surface area (Å²) in [6, 6.07) is 9.41. The Hall–Kier alpha value is -0.860. The van der Waals surface area contributed by atoms with Crippen LogP contribution in [-0.2, 0) is 11.3 Å². The Morgan fingerprint density at radius 1 is 1.20 bits per heavy atom. The van der Waals surface area contributed by atoms with Crippen molar-refractivity contribution in [3.05, 3.63) is 35.4 Å². The Balaban J connectivity index is 1.66. The van der Waals surface area contributed by atoms with Gasteiger partial charge in [0.2, 0.25) is 0 Å². The van der Waals surface area contributed by atoms with Crippen LogP contribution in [0.25, 0.3) is 0 Å². The topological polar surface area (TPSA) is 21.3 Å². The van der Waals surface area contributed by atoms with E-state index in [0.29, 0.717) is 6.04 Å². The van der Waals surface area contributed by atoms with Crippen molar-refractivity contribution in [2.45, 2.75) is 31.3 Å². The van der Waals surface area contributed by atoms with E-state index in [4.69, 9.17) is 4.74 Å². The highest BCUT2D eigenvalue weighted by molar-refractivity contribution is 5.33. The second-order valence-electron chi connectivity index (χ2n) is 4.59. The monoisotopic (exact) mass is 203 g/mol. The van der Waals surface area contributed by atoms with Gasteiger partial charge in [0, 0.05) is 6.54 Å². The first kappa shape index (κ1) is 9.37. The summed E-state index contributed by atoms with van der Waals surface area (Å²) in [7, 11) is 0. The molecule has 1 aromatic carbocycles. The largest absolute Gasteiger partial charge is 0.378 e. The van der Waals surface area contributed by atoms with Crippen LogP contribution in [0.4, 0.5) is 0 Å². The summed E-state index contributed by atoms with van der Waals surface area (Å²) in [5.41, 5.74) is 3.04. The van der Waals surface area contributed by atoms with E-state index in [0.717, 1.165) is 25.7 Å². The zero-order valence-electron chi connectivity index (χ0n) is 8.91. The van der Waals surface area contributed by atoms with Gasteiger partial charge < -0.3 is 10.1 Å². The van der Waals surface area contributed by atoms with Gasteiger partial charge in [0.1, 0.15) is 0 Å². The van der Waals surface area contributed by atoms with Crippen LogP contribution in [0.15, 0.2) is 24.3 Å². The molecule has 3 rings (SSSR count). The quantitative estimate of drug-likeness (QED) is 0.808. The second-order valence-corrected chi connectivity index (χ2v) is 4.59. The smallest absolute Gasteiger partial charge is 0.0643 e. The third-order valence-electron chi connectivity index (χ3n) is 3.29. The van der Waals surface area contributed by atoms with Crippen molar-refractivity contribution in [1.29, 1.82) is 0 Å². The van der Waals surface area contributed by atoms with E-state index >= 15 is 0 Å². The van der Waals surface area contributed by atoms with E-state index in [9.17, 15) is 0 Å². The molecule has 15 heavy (non-hydrogen) atoms. The molecule has 1 saturated carbocycles. The molecule has 0 spiro atoms. The predicted molar refractivity (Wildman–Crippen MR) is 59.9 cm³/mol. The molecular weight excluding hydrogens is 186 g/mol. The summed E-state index contributed by atoms with van der Waals surface area (Å²) in [5.74, 6) is 0.848. The Labute approximate surface area is 90.6 Å². The molecule has 2 fully saturated rings. The van der Waals surface area contributed by atoms with Crippen LogP contribution in [-0.4, -0.2) is 19.3 Å². The van der Waals surface area contributed by atoms with Crippen molar-refractivity contribution < 1.29 is 4.74 Å². The number of hydrogen-bond acceptors (Lipinski definition) is 2. The Morgan fingerprint density at radius 2 is 2.00 bits per heavy atom. The Bertz CT molecular complexity index is 342. The minimum absolute atomic E-state index is 0.581. The lowest BCUT2D eigenvalue weighted by atomic mass is 10.0. The van der Waals surface area contributed by atoms with E-state index in [1.54, 1.807) is 5.56 Å². The summed E-state index contributed by atoms with van der Waals surface area (Å²) < 4.78 is 5.15. The molecule has 0 radical (unpaired) electrons. The van der Waals surface area contributed by atoms with Crippen LogP contribution >= 0.6 is 0 Å². The zero-order chi connectivity index (χ0) is 10.1. The lowest BCUT2D eigenvalue weighted by Crippen LogP contribution is -2.45. The number of ether oxygens (including phenoxy) is 1. The van der Waals surface area contributed by atoms with Crippen molar-refractivity contribution in [3.63, 3.8) is 0 Å². The molecular formula is C13H17NO. The van der Waals surface area contributed by atoms with Gasteiger partial charge in [0.15, 0.2) is 0 Å². The van der Waals surface area contributed by atoms with Gasteiger partial charge in [-0.15, -0.1) is 0 Å². The third-order valence-corrected chi connectivity index (χ3v) is 3.29. The summed E-state index contributed by atoms with van der Waals surface area (Å²) in [4.78, 5) is 0. The Morgan fingerprint density at radius 3 is 2.67 bits per heavy atom. The number of nitrogens with one attached hydrogen (secondary N) is 1. The van der Waals surface area contributed by atoms with E-state index in [1.807, 2.05) is 0 Å². The summed E-state index contributed by atoms with van der Waals surface area (Å²) in [5, 5.41) is 3.53. The zero-order valence-corrected chi connectivity index (χ0v) is 8.91. The molecule has 0 bridgehead atoms. The van der Waals surface area contributed by atoms with E-state index in [2.05, 4.69) is 29.6 Å². The van der Waals surface area contributed by atoms with E-state index in [1.165, 1.54) is 18.4 Å². The first-order valence-corrected chi connectivity index (χ1v) is 5.82. The molecule has 2 heteroatoms. The average molecular weight is 203 g/mol. The highest BCUT2D eigenvalue weighted by Gasteiger charge is 2.26. The van der Waals surface area contributed by atoms with E-state index in [-0.39, 0.29) is 0 Å². The molecule has 0 atom stereocenters. The van der Waals surface area contributed by atoms with Crippen molar-refractivity contribution in [3.8, 4) is 0 Å². The first-order chi connectivity index (χ1) is 7.43. The van der Waals surface area contributed by atoms with Gasteiger partial charge in [0.25, 0.3) is 0 Å². The molecule has 1 aliphatic heterocycles. The van der Waals surface area contributed by atoms with Crippen molar-refractivity contribution in [1.82, 2.24) is 5.32 Å².